The maximum absolute atomic E-state index is 6.29. The molecule has 19 heavy (non-hydrogen) atoms. The summed E-state index contributed by atoms with van der Waals surface area (Å²) in [6.45, 7) is 5.08. The van der Waals surface area contributed by atoms with E-state index in [4.69, 9.17) is 5.73 Å². The number of hydrogen-bond acceptors (Lipinski definition) is 3. The van der Waals surface area contributed by atoms with Crippen molar-refractivity contribution in [3.8, 4) is 0 Å². The lowest BCUT2D eigenvalue weighted by atomic mass is 10.0. The summed E-state index contributed by atoms with van der Waals surface area (Å²) in [5.74, 6) is 0.946. The molecule has 1 heterocycles. The van der Waals surface area contributed by atoms with E-state index >= 15 is 0 Å². The summed E-state index contributed by atoms with van der Waals surface area (Å²) < 4.78 is 2.99. The van der Waals surface area contributed by atoms with Crippen LogP contribution in [0.1, 0.15) is 36.3 Å². The maximum atomic E-state index is 6.29. The number of hydrogen-bond donors (Lipinski definition) is 1. The third-order valence-electron chi connectivity index (χ3n) is 3.09. The summed E-state index contributed by atoms with van der Waals surface area (Å²) in [5, 5.41) is 4.23. The molecular weight excluding hydrogens is 304 g/mol. The molecule has 4 nitrogen and oxygen atoms in total. The molecule has 1 aromatic carbocycles. The van der Waals surface area contributed by atoms with E-state index in [0.29, 0.717) is 6.42 Å². The molecule has 0 saturated carbocycles. The molecule has 0 saturated heterocycles. The van der Waals surface area contributed by atoms with Crippen LogP contribution in [0.25, 0.3) is 0 Å². The highest BCUT2D eigenvalue weighted by Gasteiger charge is 2.14. The Morgan fingerprint density at radius 3 is 2.89 bits per heavy atom. The van der Waals surface area contributed by atoms with Gasteiger partial charge in [-0.05, 0) is 30.5 Å². The molecule has 1 aromatic heterocycles. The van der Waals surface area contributed by atoms with E-state index in [9.17, 15) is 0 Å². The largest absolute Gasteiger partial charge is 0.324 e. The molecule has 0 bridgehead atoms. The van der Waals surface area contributed by atoms with Crippen molar-refractivity contribution < 1.29 is 0 Å². The van der Waals surface area contributed by atoms with Gasteiger partial charge in [0.1, 0.15) is 12.2 Å². The molecule has 1 unspecified atom stereocenters. The number of rotatable bonds is 5. The van der Waals surface area contributed by atoms with Crippen molar-refractivity contribution in [3.63, 3.8) is 0 Å². The SMILES string of the molecule is CCCn1ncnc1CC(N)c1ccc(C)cc1Br. The molecule has 2 aromatic rings. The molecule has 1 atom stereocenters. The summed E-state index contributed by atoms with van der Waals surface area (Å²) in [7, 11) is 0. The second-order valence-electron chi connectivity index (χ2n) is 4.73. The summed E-state index contributed by atoms with van der Waals surface area (Å²) in [4.78, 5) is 4.30. The van der Waals surface area contributed by atoms with E-state index in [1.165, 1.54) is 5.56 Å². The average molecular weight is 323 g/mol. The zero-order valence-corrected chi connectivity index (χ0v) is 12.9. The standard InChI is InChI=1S/C14H19BrN4/c1-3-6-19-14(17-9-18-19)8-13(16)11-5-4-10(2)7-12(11)15/h4-5,7,9,13H,3,6,8,16H2,1-2H3. The lowest BCUT2D eigenvalue weighted by molar-refractivity contribution is 0.547. The van der Waals surface area contributed by atoms with Crippen molar-refractivity contribution in [2.24, 2.45) is 5.73 Å². The van der Waals surface area contributed by atoms with Crippen LogP contribution in [0, 0.1) is 6.92 Å². The highest BCUT2D eigenvalue weighted by atomic mass is 79.9. The Hall–Kier alpha value is -1.20. The Labute approximate surface area is 122 Å². The topological polar surface area (TPSA) is 56.7 Å². The van der Waals surface area contributed by atoms with Crippen molar-refractivity contribution in [3.05, 3.63) is 46.0 Å². The summed E-state index contributed by atoms with van der Waals surface area (Å²) in [6, 6.07) is 6.17. The van der Waals surface area contributed by atoms with Gasteiger partial charge in [-0.15, -0.1) is 0 Å². The fourth-order valence-electron chi connectivity index (χ4n) is 2.08. The fraction of sp³-hybridized carbons (Fsp3) is 0.429. The van der Waals surface area contributed by atoms with Gasteiger partial charge >= 0.3 is 0 Å². The van der Waals surface area contributed by atoms with Gasteiger partial charge in [0.15, 0.2) is 0 Å². The number of aryl methyl sites for hydroxylation is 2. The quantitative estimate of drug-likeness (QED) is 0.920. The molecule has 0 amide bonds. The lowest BCUT2D eigenvalue weighted by Crippen LogP contribution is -2.17. The highest BCUT2D eigenvalue weighted by molar-refractivity contribution is 9.10. The average Bonchev–Trinajstić information content (AvgIpc) is 2.77. The minimum Gasteiger partial charge on any atom is -0.324 e. The van der Waals surface area contributed by atoms with Gasteiger partial charge in [-0.3, -0.25) is 4.68 Å². The fourth-order valence-corrected chi connectivity index (χ4v) is 2.87. The monoisotopic (exact) mass is 322 g/mol. The molecule has 2 N–H and O–H groups in total. The second kappa shape index (κ2) is 6.30. The van der Waals surface area contributed by atoms with Gasteiger partial charge in [-0.1, -0.05) is 35.0 Å². The van der Waals surface area contributed by atoms with Crippen LogP contribution >= 0.6 is 15.9 Å². The number of aromatic nitrogens is 3. The first kappa shape index (κ1) is 14.2. The molecule has 0 aliphatic carbocycles. The van der Waals surface area contributed by atoms with Gasteiger partial charge in [0.2, 0.25) is 0 Å². The smallest absolute Gasteiger partial charge is 0.138 e. The molecule has 5 heteroatoms. The normalized spacial score (nSPS) is 12.6. The predicted molar refractivity (Wildman–Crippen MR) is 79.8 cm³/mol. The highest BCUT2D eigenvalue weighted by Crippen LogP contribution is 2.25. The van der Waals surface area contributed by atoms with Crippen LogP contribution in [0.4, 0.5) is 0 Å². The van der Waals surface area contributed by atoms with Gasteiger partial charge in [0, 0.05) is 23.5 Å². The zero-order chi connectivity index (χ0) is 13.8. The van der Waals surface area contributed by atoms with Crippen molar-refractivity contribution in [1.29, 1.82) is 0 Å². The Morgan fingerprint density at radius 1 is 1.42 bits per heavy atom. The molecular formula is C14H19BrN4. The lowest BCUT2D eigenvalue weighted by Gasteiger charge is -2.14. The van der Waals surface area contributed by atoms with Gasteiger partial charge < -0.3 is 5.73 Å². The Balaban J connectivity index is 2.16. The third-order valence-corrected chi connectivity index (χ3v) is 3.78. The third kappa shape index (κ3) is 3.42. The number of benzene rings is 1. The molecule has 0 fully saturated rings. The maximum Gasteiger partial charge on any atom is 0.138 e. The van der Waals surface area contributed by atoms with Crippen LogP contribution in [0.5, 0.6) is 0 Å². The number of nitrogens with zero attached hydrogens (tertiary/aromatic N) is 3. The van der Waals surface area contributed by atoms with Crippen molar-refractivity contribution >= 4 is 15.9 Å². The zero-order valence-electron chi connectivity index (χ0n) is 11.3. The van der Waals surface area contributed by atoms with Gasteiger partial charge in [-0.25, -0.2) is 4.98 Å². The van der Waals surface area contributed by atoms with Crippen molar-refractivity contribution in [2.45, 2.75) is 39.3 Å². The minimum absolute atomic E-state index is 0.0743. The Bertz CT molecular complexity index is 550. The first-order valence-electron chi connectivity index (χ1n) is 6.50. The summed E-state index contributed by atoms with van der Waals surface area (Å²) in [6.07, 6.45) is 3.34. The summed E-state index contributed by atoms with van der Waals surface area (Å²) >= 11 is 3.58. The van der Waals surface area contributed by atoms with Crippen LogP contribution in [0.2, 0.25) is 0 Å². The first-order chi connectivity index (χ1) is 9.11. The van der Waals surface area contributed by atoms with Crippen LogP contribution < -0.4 is 5.73 Å². The van der Waals surface area contributed by atoms with E-state index in [2.05, 4.69) is 58.1 Å². The Kier molecular flexibility index (Phi) is 4.71. The van der Waals surface area contributed by atoms with E-state index in [-0.39, 0.29) is 6.04 Å². The Morgan fingerprint density at radius 2 is 2.21 bits per heavy atom. The van der Waals surface area contributed by atoms with E-state index in [1.807, 2.05) is 4.68 Å². The van der Waals surface area contributed by atoms with Gasteiger partial charge in [0.05, 0.1) is 0 Å². The molecule has 0 aliphatic heterocycles. The molecule has 0 aliphatic rings. The van der Waals surface area contributed by atoms with Crippen LogP contribution in [-0.4, -0.2) is 14.8 Å². The van der Waals surface area contributed by atoms with Crippen LogP contribution in [0.3, 0.4) is 0 Å². The van der Waals surface area contributed by atoms with E-state index < -0.39 is 0 Å². The van der Waals surface area contributed by atoms with Crippen molar-refractivity contribution in [1.82, 2.24) is 14.8 Å². The molecule has 102 valence electrons. The number of halogens is 1. The second-order valence-corrected chi connectivity index (χ2v) is 5.59. The van der Waals surface area contributed by atoms with Crippen LogP contribution in [0.15, 0.2) is 29.0 Å². The predicted octanol–water partition coefficient (Wildman–Crippen LogP) is 3.00. The van der Waals surface area contributed by atoms with Gasteiger partial charge in [-0.2, -0.15) is 5.10 Å². The van der Waals surface area contributed by atoms with E-state index in [0.717, 1.165) is 28.8 Å². The summed E-state index contributed by atoms with van der Waals surface area (Å²) in [5.41, 5.74) is 8.62. The first-order valence-corrected chi connectivity index (χ1v) is 7.29. The van der Waals surface area contributed by atoms with Gasteiger partial charge in [0.25, 0.3) is 0 Å². The van der Waals surface area contributed by atoms with Crippen molar-refractivity contribution in [2.75, 3.05) is 0 Å². The molecule has 2 rings (SSSR count). The van der Waals surface area contributed by atoms with Crippen LogP contribution in [-0.2, 0) is 13.0 Å². The van der Waals surface area contributed by atoms with E-state index in [1.54, 1.807) is 6.33 Å². The molecule has 0 spiro atoms. The minimum atomic E-state index is -0.0743. The molecule has 0 radical (unpaired) electrons. The number of nitrogens with two attached hydrogens (primary N) is 1.